The first-order chi connectivity index (χ1) is 18.9. The van der Waals surface area contributed by atoms with Gasteiger partial charge in [0, 0.05) is 13.2 Å². The summed E-state index contributed by atoms with van der Waals surface area (Å²) in [5.74, 6) is -46.6. The van der Waals surface area contributed by atoms with Gasteiger partial charge >= 0.3 is 78.6 Å². The third-order valence-corrected chi connectivity index (χ3v) is 5.79. The Bertz CT molecular complexity index is 1100. The summed E-state index contributed by atoms with van der Waals surface area (Å²) in [7, 11) is -14.8. The SMILES string of the molecule is O=S(=O)(O)C(F)(F)C(F)(F)C(F)(F)C(F)(F)C(F)(F)F.O=S(=O)(O)C(F)(F)C(F)(F)C(F)(F)C(F)(F)C(F)(F)F.OCCCO. The van der Waals surface area contributed by atoms with E-state index in [1.165, 1.54) is 0 Å². The van der Waals surface area contributed by atoms with E-state index in [1.807, 2.05) is 0 Å². The van der Waals surface area contributed by atoms with Gasteiger partial charge in [0.2, 0.25) is 0 Å². The third-order valence-electron chi connectivity index (χ3n) is 3.98. The van der Waals surface area contributed by atoms with Crippen molar-refractivity contribution in [1.29, 1.82) is 0 Å². The van der Waals surface area contributed by atoms with Crippen LogP contribution in [0.2, 0.25) is 0 Å². The summed E-state index contributed by atoms with van der Waals surface area (Å²) in [6, 6.07) is 0. The number of halogens is 22. The van der Waals surface area contributed by atoms with Crippen LogP contribution in [0.25, 0.3) is 0 Å². The van der Waals surface area contributed by atoms with E-state index in [-0.39, 0.29) is 13.2 Å². The van der Waals surface area contributed by atoms with E-state index in [2.05, 4.69) is 0 Å². The number of rotatable bonds is 10. The molecule has 0 aromatic heterocycles. The van der Waals surface area contributed by atoms with Crippen molar-refractivity contribution in [1.82, 2.24) is 0 Å². The summed E-state index contributed by atoms with van der Waals surface area (Å²) in [4.78, 5) is 0. The minimum atomic E-state index is -7.86. The predicted octanol–water partition coefficient (Wildman–Crippen LogP) is 5.23. The Morgan fingerprint density at radius 3 is 0.622 bits per heavy atom. The first kappa shape index (κ1) is 47.6. The molecule has 0 aromatic rings. The Balaban J connectivity index is -0.000000680. The molecule has 0 heterocycles. The summed E-state index contributed by atoms with van der Waals surface area (Å²) in [5.41, 5.74) is 0. The highest BCUT2D eigenvalue weighted by atomic mass is 32.2. The van der Waals surface area contributed by atoms with Crippen molar-refractivity contribution in [3.63, 3.8) is 0 Å². The highest BCUT2D eigenvalue weighted by Crippen LogP contribution is 2.59. The Kier molecular flexibility index (Phi) is 14.1. The molecule has 0 unspecified atom stereocenters. The molecule has 0 amide bonds. The van der Waals surface area contributed by atoms with Crippen LogP contribution < -0.4 is 0 Å². The van der Waals surface area contributed by atoms with E-state index < -0.39 is 78.6 Å². The van der Waals surface area contributed by atoms with Crippen LogP contribution in [-0.4, -0.2) is 108 Å². The molecular weight excluding hydrogens is 766 g/mol. The highest BCUT2D eigenvalue weighted by molar-refractivity contribution is 7.87. The molecule has 0 rings (SSSR count). The summed E-state index contributed by atoms with van der Waals surface area (Å²) in [6.07, 6.45) is -14.3. The van der Waals surface area contributed by atoms with Gasteiger partial charge in [0.1, 0.15) is 0 Å². The van der Waals surface area contributed by atoms with E-state index in [4.69, 9.17) is 19.3 Å². The van der Waals surface area contributed by atoms with E-state index in [0.717, 1.165) is 0 Å². The maximum Gasteiger partial charge on any atom is 0.460 e. The van der Waals surface area contributed by atoms with Gasteiger partial charge in [0.15, 0.2) is 0 Å². The van der Waals surface area contributed by atoms with Crippen molar-refractivity contribution in [2.24, 2.45) is 0 Å². The van der Waals surface area contributed by atoms with Crippen molar-refractivity contribution >= 4 is 20.2 Å². The molecule has 45 heavy (non-hydrogen) atoms. The second-order valence-corrected chi connectivity index (χ2v) is 10.2. The monoisotopic (exact) mass is 776 g/mol. The maximum atomic E-state index is 12.5. The molecule has 0 aliphatic rings. The number of hydrogen-bond donors (Lipinski definition) is 4. The molecule has 0 saturated carbocycles. The quantitative estimate of drug-likeness (QED) is 0.174. The second-order valence-electron chi connectivity index (χ2n) is 7.23. The number of alkyl halides is 22. The average molecular weight is 776 g/mol. The summed E-state index contributed by atoms with van der Waals surface area (Å²) in [6.45, 7) is 0.188. The first-order valence-corrected chi connectivity index (χ1v) is 12.1. The van der Waals surface area contributed by atoms with Gasteiger partial charge in [-0.05, 0) is 6.42 Å². The molecule has 8 nitrogen and oxygen atoms in total. The van der Waals surface area contributed by atoms with Gasteiger partial charge < -0.3 is 10.2 Å². The molecule has 276 valence electrons. The Morgan fingerprint density at radius 2 is 0.533 bits per heavy atom. The molecule has 0 aromatic carbocycles. The minimum Gasteiger partial charge on any atom is -0.396 e. The lowest BCUT2D eigenvalue weighted by molar-refractivity contribution is -0.413. The van der Waals surface area contributed by atoms with Crippen molar-refractivity contribution in [2.75, 3.05) is 13.2 Å². The Morgan fingerprint density at radius 1 is 0.356 bits per heavy atom. The molecule has 0 fully saturated rings. The van der Waals surface area contributed by atoms with Crippen LogP contribution >= 0.6 is 0 Å². The fraction of sp³-hybridized carbons (Fsp3) is 1.00. The third kappa shape index (κ3) is 8.38. The van der Waals surface area contributed by atoms with Crippen LogP contribution in [0.5, 0.6) is 0 Å². The van der Waals surface area contributed by atoms with E-state index >= 15 is 0 Å². The van der Waals surface area contributed by atoms with Gasteiger partial charge in [0.05, 0.1) is 0 Å². The molecular formula is C13H10F22O8S2. The van der Waals surface area contributed by atoms with Crippen LogP contribution in [0.4, 0.5) is 96.6 Å². The largest absolute Gasteiger partial charge is 0.460 e. The molecule has 0 saturated heterocycles. The van der Waals surface area contributed by atoms with Gasteiger partial charge in [-0.1, -0.05) is 0 Å². The molecule has 32 heteroatoms. The highest BCUT2D eigenvalue weighted by Gasteiger charge is 2.91. The standard InChI is InChI=1S/2C5HF11O3S.C3H8O2/c2*6-1(7,2(8,9)4(12,13)14)3(10,11)5(15,16)20(17,18)19;4-2-1-3-5/h2*(H,17,18,19);4-5H,1-3H2. The lowest BCUT2D eigenvalue weighted by Crippen LogP contribution is -2.67. The molecule has 4 N–H and O–H groups in total. The second kappa shape index (κ2) is 13.4. The zero-order valence-corrected chi connectivity index (χ0v) is 21.3. The molecule has 0 atom stereocenters. The van der Waals surface area contributed by atoms with Crippen LogP contribution in [0.1, 0.15) is 6.42 Å². The summed E-state index contributed by atoms with van der Waals surface area (Å²) in [5, 5.41) is 1.23. The van der Waals surface area contributed by atoms with E-state index in [9.17, 15) is 113 Å². The first-order valence-electron chi connectivity index (χ1n) is 9.23. The van der Waals surface area contributed by atoms with Gasteiger partial charge in [-0.15, -0.1) is 0 Å². The number of aliphatic hydroxyl groups excluding tert-OH is 2. The van der Waals surface area contributed by atoms with E-state index in [1.54, 1.807) is 0 Å². The topological polar surface area (TPSA) is 149 Å². The van der Waals surface area contributed by atoms with Crippen LogP contribution in [0, 0.1) is 0 Å². The summed E-state index contributed by atoms with van der Waals surface area (Å²) >= 11 is 0. The van der Waals surface area contributed by atoms with Crippen molar-refractivity contribution in [3.8, 4) is 0 Å². The number of aliphatic hydroxyl groups is 2. The predicted molar refractivity (Wildman–Crippen MR) is 93.6 cm³/mol. The zero-order valence-electron chi connectivity index (χ0n) is 19.7. The molecule has 0 aliphatic heterocycles. The summed E-state index contributed by atoms with van der Waals surface area (Å²) < 4.78 is 321. The van der Waals surface area contributed by atoms with Crippen LogP contribution in [-0.2, 0) is 20.2 Å². The smallest absolute Gasteiger partial charge is 0.396 e. The zero-order chi connectivity index (χ0) is 38.1. The average Bonchev–Trinajstić information content (AvgIpc) is 2.76. The Hall–Kier alpha value is -1.80. The van der Waals surface area contributed by atoms with Gasteiger partial charge in [-0.2, -0.15) is 113 Å². The fourth-order valence-corrected chi connectivity index (χ4v) is 2.41. The van der Waals surface area contributed by atoms with Crippen molar-refractivity contribution in [2.45, 2.75) is 64.8 Å². The lowest BCUT2D eigenvalue weighted by Gasteiger charge is -2.35. The lowest BCUT2D eigenvalue weighted by atomic mass is 10.0. The van der Waals surface area contributed by atoms with Gasteiger partial charge in [-0.25, -0.2) is 0 Å². The van der Waals surface area contributed by atoms with Crippen molar-refractivity contribution < 1.29 is 133 Å². The normalized spacial score (nSPS) is 15.5. The molecule has 0 radical (unpaired) electrons. The van der Waals surface area contributed by atoms with E-state index in [0.29, 0.717) is 6.42 Å². The van der Waals surface area contributed by atoms with Gasteiger partial charge in [-0.3, -0.25) is 9.11 Å². The molecule has 0 bridgehead atoms. The van der Waals surface area contributed by atoms with Crippen molar-refractivity contribution in [3.05, 3.63) is 0 Å². The fourth-order valence-electron chi connectivity index (χ4n) is 1.51. The van der Waals surface area contributed by atoms with Crippen LogP contribution in [0.15, 0.2) is 0 Å². The minimum absolute atomic E-state index is 0.0938. The maximum absolute atomic E-state index is 12.5. The van der Waals surface area contributed by atoms with Gasteiger partial charge in [0.25, 0.3) is 0 Å². The Labute approximate surface area is 232 Å². The number of hydrogen-bond acceptors (Lipinski definition) is 6. The molecule has 0 spiro atoms. The molecule has 0 aliphatic carbocycles. The van der Waals surface area contributed by atoms with Crippen LogP contribution in [0.3, 0.4) is 0 Å².